The topological polar surface area (TPSA) is 12.0 Å². The van der Waals surface area contributed by atoms with Gasteiger partial charge in [0.25, 0.3) is 0 Å². The first kappa shape index (κ1) is 13.2. The van der Waals surface area contributed by atoms with Gasteiger partial charge in [0, 0.05) is 6.04 Å². The lowest BCUT2D eigenvalue weighted by Gasteiger charge is -2.16. The van der Waals surface area contributed by atoms with Gasteiger partial charge >= 0.3 is 0 Å². The third kappa shape index (κ3) is 3.37. The van der Waals surface area contributed by atoms with Crippen molar-refractivity contribution in [2.75, 3.05) is 7.05 Å². The zero-order chi connectivity index (χ0) is 13.0. The first-order valence-electron chi connectivity index (χ1n) is 5.81. The Bertz CT molecular complexity index is 497. The molecule has 0 aliphatic heterocycles. The number of halogens is 2. The number of rotatable bonds is 5. The lowest BCUT2D eigenvalue weighted by molar-refractivity contribution is 0.526. The molecule has 0 saturated carbocycles. The summed E-state index contributed by atoms with van der Waals surface area (Å²) in [4.78, 5) is 0. The van der Waals surface area contributed by atoms with Gasteiger partial charge in [0.2, 0.25) is 0 Å². The lowest BCUT2D eigenvalue weighted by Crippen LogP contribution is -2.30. The fourth-order valence-electron chi connectivity index (χ4n) is 1.93. The van der Waals surface area contributed by atoms with Crippen LogP contribution in [0.2, 0.25) is 0 Å². The molecule has 2 rings (SSSR count). The van der Waals surface area contributed by atoms with E-state index in [4.69, 9.17) is 0 Å². The summed E-state index contributed by atoms with van der Waals surface area (Å²) >= 11 is 1.64. The minimum atomic E-state index is -0.392. The van der Waals surface area contributed by atoms with Gasteiger partial charge in [-0.05, 0) is 66.0 Å². The molecule has 4 heteroatoms. The summed E-state index contributed by atoms with van der Waals surface area (Å²) in [5.74, 6) is -0.737. The Morgan fingerprint density at radius 3 is 2.72 bits per heavy atom. The standard InChI is InChI=1S/C14H15F2NS/c1-17-13(6-10-4-5-18-9-10)8-11-7-12(15)2-3-14(11)16/h2-5,7,9,13,17H,6,8H2,1H3. The van der Waals surface area contributed by atoms with E-state index in [2.05, 4.69) is 16.8 Å². The Morgan fingerprint density at radius 1 is 1.22 bits per heavy atom. The molecule has 2 aromatic rings. The SMILES string of the molecule is CNC(Cc1ccsc1)Cc1cc(F)ccc1F. The Kier molecular flexibility index (Phi) is 4.44. The van der Waals surface area contributed by atoms with Crippen LogP contribution in [0.1, 0.15) is 11.1 Å². The van der Waals surface area contributed by atoms with Gasteiger partial charge in [-0.25, -0.2) is 8.78 Å². The summed E-state index contributed by atoms with van der Waals surface area (Å²) in [7, 11) is 1.84. The molecule has 1 aromatic carbocycles. The van der Waals surface area contributed by atoms with Crippen molar-refractivity contribution < 1.29 is 8.78 Å². The van der Waals surface area contributed by atoms with Gasteiger partial charge in [0.1, 0.15) is 11.6 Å². The molecule has 0 amide bonds. The van der Waals surface area contributed by atoms with Crippen molar-refractivity contribution in [1.29, 1.82) is 0 Å². The molecule has 1 N–H and O–H groups in total. The van der Waals surface area contributed by atoms with Crippen LogP contribution in [0, 0.1) is 11.6 Å². The summed E-state index contributed by atoms with van der Waals surface area (Å²) < 4.78 is 26.6. The summed E-state index contributed by atoms with van der Waals surface area (Å²) in [5, 5.41) is 7.25. The van der Waals surface area contributed by atoms with Crippen LogP contribution in [0.15, 0.2) is 35.0 Å². The average molecular weight is 267 g/mol. The van der Waals surface area contributed by atoms with Crippen LogP contribution in [0.4, 0.5) is 8.78 Å². The summed E-state index contributed by atoms with van der Waals surface area (Å²) in [6, 6.07) is 5.76. The first-order chi connectivity index (χ1) is 8.69. The van der Waals surface area contributed by atoms with Gasteiger partial charge in [-0.2, -0.15) is 11.3 Å². The quantitative estimate of drug-likeness (QED) is 0.875. The van der Waals surface area contributed by atoms with Crippen molar-refractivity contribution >= 4 is 11.3 Å². The van der Waals surface area contributed by atoms with Crippen molar-refractivity contribution in [3.63, 3.8) is 0 Å². The number of hydrogen-bond acceptors (Lipinski definition) is 2. The van der Waals surface area contributed by atoms with Crippen molar-refractivity contribution in [1.82, 2.24) is 5.32 Å². The molecule has 0 aliphatic carbocycles. The minimum absolute atomic E-state index is 0.107. The molecular weight excluding hydrogens is 252 g/mol. The smallest absolute Gasteiger partial charge is 0.126 e. The highest BCUT2D eigenvalue weighted by Gasteiger charge is 2.12. The van der Waals surface area contributed by atoms with Crippen LogP contribution < -0.4 is 5.32 Å². The summed E-state index contributed by atoms with van der Waals surface area (Å²) in [6.07, 6.45) is 1.30. The Balaban J connectivity index is 2.07. The molecule has 0 bridgehead atoms. The van der Waals surface area contributed by atoms with Gasteiger partial charge in [0.05, 0.1) is 0 Å². The monoisotopic (exact) mass is 267 g/mol. The molecule has 0 radical (unpaired) electrons. The summed E-state index contributed by atoms with van der Waals surface area (Å²) in [5.41, 5.74) is 1.64. The number of hydrogen-bond donors (Lipinski definition) is 1. The van der Waals surface area contributed by atoms with Gasteiger partial charge in [-0.3, -0.25) is 0 Å². The van der Waals surface area contributed by atoms with Crippen LogP contribution in [-0.2, 0) is 12.8 Å². The highest BCUT2D eigenvalue weighted by molar-refractivity contribution is 7.07. The van der Waals surface area contributed by atoms with Gasteiger partial charge < -0.3 is 5.32 Å². The second-order valence-electron chi connectivity index (χ2n) is 4.26. The van der Waals surface area contributed by atoms with E-state index < -0.39 is 5.82 Å². The van der Waals surface area contributed by atoms with Crippen LogP contribution in [0.25, 0.3) is 0 Å². The van der Waals surface area contributed by atoms with E-state index in [9.17, 15) is 8.78 Å². The fraction of sp³-hybridized carbons (Fsp3) is 0.286. The molecule has 96 valence electrons. The molecule has 1 heterocycles. The third-order valence-electron chi connectivity index (χ3n) is 2.94. The highest BCUT2D eigenvalue weighted by atomic mass is 32.1. The van der Waals surface area contributed by atoms with Gasteiger partial charge in [0.15, 0.2) is 0 Å². The van der Waals surface area contributed by atoms with Gasteiger partial charge in [-0.15, -0.1) is 0 Å². The van der Waals surface area contributed by atoms with E-state index in [-0.39, 0.29) is 11.9 Å². The largest absolute Gasteiger partial charge is 0.316 e. The zero-order valence-corrected chi connectivity index (χ0v) is 10.9. The molecule has 1 aromatic heterocycles. The molecule has 0 spiro atoms. The molecule has 0 saturated heterocycles. The fourth-order valence-corrected chi connectivity index (χ4v) is 2.62. The van der Waals surface area contributed by atoms with Crippen molar-refractivity contribution in [3.05, 3.63) is 57.8 Å². The Hall–Kier alpha value is -1.26. The number of thiophene rings is 1. The van der Waals surface area contributed by atoms with Gasteiger partial charge in [-0.1, -0.05) is 0 Å². The Labute approximate surface area is 109 Å². The van der Waals surface area contributed by atoms with E-state index in [0.717, 1.165) is 12.5 Å². The number of nitrogens with one attached hydrogen (secondary N) is 1. The predicted molar refractivity (Wildman–Crippen MR) is 70.9 cm³/mol. The third-order valence-corrected chi connectivity index (χ3v) is 3.68. The highest BCUT2D eigenvalue weighted by Crippen LogP contribution is 2.15. The second-order valence-corrected chi connectivity index (χ2v) is 5.04. The number of likely N-dealkylation sites (N-methyl/N-ethyl adjacent to an activating group) is 1. The van der Waals surface area contributed by atoms with E-state index >= 15 is 0 Å². The van der Waals surface area contributed by atoms with E-state index in [0.29, 0.717) is 12.0 Å². The molecule has 0 fully saturated rings. The minimum Gasteiger partial charge on any atom is -0.316 e. The molecular formula is C14H15F2NS. The molecule has 1 nitrogen and oxygen atoms in total. The molecule has 1 unspecified atom stereocenters. The normalized spacial score (nSPS) is 12.6. The van der Waals surface area contributed by atoms with Crippen molar-refractivity contribution in [2.24, 2.45) is 0 Å². The Morgan fingerprint density at radius 2 is 2.06 bits per heavy atom. The molecule has 0 aliphatic rings. The maximum absolute atomic E-state index is 13.6. The van der Waals surface area contributed by atoms with E-state index in [1.165, 1.54) is 17.7 Å². The maximum atomic E-state index is 13.6. The number of benzene rings is 1. The lowest BCUT2D eigenvalue weighted by atomic mass is 10.0. The van der Waals surface area contributed by atoms with Crippen molar-refractivity contribution in [3.8, 4) is 0 Å². The second kappa shape index (κ2) is 6.07. The first-order valence-corrected chi connectivity index (χ1v) is 6.75. The molecule has 1 atom stereocenters. The van der Waals surface area contributed by atoms with Crippen LogP contribution >= 0.6 is 11.3 Å². The van der Waals surface area contributed by atoms with Crippen LogP contribution in [0.5, 0.6) is 0 Å². The zero-order valence-electron chi connectivity index (χ0n) is 10.1. The van der Waals surface area contributed by atoms with Crippen LogP contribution in [0.3, 0.4) is 0 Å². The summed E-state index contributed by atoms with van der Waals surface area (Å²) in [6.45, 7) is 0. The van der Waals surface area contributed by atoms with Crippen molar-refractivity contribution in [2.45, 2.75) is 18.9 Å². The average Bonchev–Trinajstić information content (AvgIpc) is 2.85. The predicted octanol–water partition coefficient (Wildman–Crippen LogP) is 3.40. The molecule has 18 heavy (non-hydrogen) atoms. The maximum Gasteiger partial charge on any atom is 0.126 e. The van der Waals surface area contributed by atoms with Crippen LogP contribution in [-0.4, -0.2) is 13.1 Å². The van der Waals surface area contributed by atoms with E-state index in [1.807, 2.05) is 12.4 Å². The van der Waals surface area contributed by atoms with E-state index in [1.54, 1.807) is 11.3 Å².